The Kier molecular flexibility index (Phi) is 12.4. The van der Waals surface area contributed by atoms with E-state index in [0.717, 1.165) is 16.7 Å². The lowest BCUT2D eigenvalue weighted by molar-refractivity contribution is -0.142. The van der Waals surface area contributed by atoms with Crippen molar-refractivity contribution in [2.75, 3.05) is 6.54 Å². The van der Waals surface area contributed by atoms with Crippen LogP contribution in [0.1, 0.15) is 28.7 Å². The molecule has 4 aromatic carbocycles. The minimum atomic E-state index is -1.27. The number of benzene rings is 4. The molecule has 0 fully saturated rings. The molecule has 234 valence electrons. The number of ether oxygens (including phenoxy) is 3. The van der Waals surface area contributed by atoms with Crippen LogP contribution in [0.4, 0.5) is 4.79 Å². The highest BCUT2D eigenvalue weighted by Gasteiger charge is 2.23. The van der Waals surface area contributed by atoms with Gasteiger partial charge in [0.1, 0.15) is 25.9 Å². The zero-order valence-corrected chi connectivity index (χ0v) is 24.6. The summed E-state index contributed by atoms with van der Waals surface area (Å²) in [5, 5.41) is 24.9. The number of hydrogen-bond acceptors (Lipinski definition) is 7. The highest BCUT2D eigenvalue weighted by atomic mass is 16.5. The van der Waals surface area contributed by atoms with Crippen molar-refractivity contribution in [2.45, 2.75) is 44.8 Å². The first-order valence-corrected chi connectivity index (χ1v) is 14.5. The van der Waals surface area contributed by atoms with Crippen molar-refractivity contribution in [3.63, 3.8) is 0 Å². The molecule has 10 heteroatoms. The van der Waals surface area contributed by atoms with Crippen LogP contribution < -0.4 is 20.1 Å². The molecular weight excluding hydrogens is 576 g/mol. The Morgan fingerprint density at radius 3 is 1.76 bits per heavy atom. The van der Waals surface area contributed by atoms with Crippen LogP contribution in [-0.4, -0.2) is 46.9 Å². The lowest BCUT2D eigenvalue weighted by Crippen LogP contribution is -2.44. The molecule has 0 radical (unpaired) electrons. The second-order valence-electron chi connectivity index (χ2n) is 10.3. The molecule has 0 unspecified atom stereocenters. The van der Waals surface area contributed by atoms with Gasteiger partial charge >= 0.3 is 12.1 Å². The summed E-state index contributed by atoms with van der Waals surface area (Å²) in [4.78, 5) is 36.6. The average Bonchev–Trinajstić information content (AvgIpc) is 3.06. The maximum absolute atomic E-state index is 12.6. The molecule has 45 heavy (non-hydrogen) atoms. The van der Waals surface area contributed by atoms with Gasteiger partial charge in [-0.1, -0.05) is 97.1 Å². The summed E-state index contributed by atoms with van der Waals surface area (Å²) < 4.78 is 17.2. The standard InChI is InChI=1S/C35H36N2O8/c38-29(21-36-35(42)45-24-27-14-8-3-9-15-27)20-33(39)37-30(34(40)41)18-28-16-17-31(43-22-25-10-4-1-5-11-25)32(19-28)44-23-26-12-6-2-7-13-26/h1-17,19,29-30,38H,18,20-24H2,(H,36,42)(H,37,39)(H,40,41)/t29-,30-/m1/s1. The molecule has 0 spiro atoms. The number of nitrogens with one attached hydrogen (secondary N) is 2. The zero-order chi connectivity index (χ0) is 31.9. The van der Waals surface area contributed by atoms with E-state index < -0.39 is 36.5 Å². The Hall–Kier alpha value is -5.35. The molecule has 0 aliphatic carbocycles. The zero-order valence-electron chi connectivity index (χ0n) is 24.6. The minimum Gasteiger partial charge on any atom is -0.485 e. The van der Waals surface area contributed by atoms with Gasteiger partial charge in [-0.05, 0) is 34.4 Å². The van der Waals surface area contributed by atoms with E-state index in [9.17, 15) is 24.6 Å². The van der Waals surface area contributed by atoms with Crippen molar-refractivity contribution in [3.05, 3.63) is 131 Å². The summed E-state index contributed by atoms with van der Waals surface area (Å²) in [7, 11) is 0. The molecule has 0 saturated heterocycles. The molecule has 0 saturated carbocycles. The van der Waals surface area contributed by atoms with E-state index in [1.165, 1.54) is 0 Å². The van der Waals surface area contributed by atoms with E-state index in [1.807, 2.05) is 78.9 Å². The maximum atomic E-state index is 12.6. The van der Waals surface area contributed by atoms with Gasteiger partial charge in [0.2, 0.25) is 5.91 Å². The van der Waals surface area contributed by atoms with Gasteiger partial charge in [0.15, 0.2) is 11.5 Å². The van der Waals surface area contributed by atoms with E-state index in [0.29, 0.717) is 23.7 Å². The number of carbonyl (C=O) groups is 3. The fourth-order valence-electron chi connectivity index (χ4n) is 4.33. The van der Waals surface area contributed by atoms with Crippen LogP contribution in [0.5, 0.6) is 11.5 Å². The van der Waals surface area contributed by atoms with E-state index in [1.54, 1.807) is 30.3 Å². The number of aliphatic hydroxyl groups is 1. The predicted molar refractivity (Wildman–Crippen MR) is 167 cm³/mol. The van der Waals surface area contributed by atoms with Gasteiger partial charge in [-0.25, -0.2) is 9.59 Å². The summed E-state index contributed by atoms with van der Waals surface area (Å²) >= 11 is 0. The normalized spacial score (nSPS) is 11.9. The van der Waals surface area contributed by atoms with Crippen molar-refractivity contribution in [2.24, 2.45) is 0 Å². The molecule has 4 N–H and O–H groups in total. The third-order valence-corrected chi connectivity index (χ3v) is 6.67. The maximum Gasteiger partial charge on any atom is 0.407 e. The Morgan fingerprint density at radius 2 is 1.20 bits per heavy atom. The van der Waals surface area contributed by atoms with Gasteiger partial charge < -0.3 is 35.1 Å². The van der Waals surface area contributed by atoms with E-state index >= 15 is 0 Å². The number of hydrogen-bond donors (Lipinski definition) is 4. The molecule has 0 heterocycles. The van der Waals surface area contributed by atoms with Crippen LogP contribution in [0.15, 0.2) is 109 Å². The second-order valence-corrected chi connectivity index (χ2v) is 10.3. The molecule has 0 aromatic heterocycles. The van der Waals surface area contributed by atoms with Crippen LogP contribution in [0.3, 0.4) is 0 Å². The highest BCUT2D eigenvalue weighted by molar-refractivity contribution is 5.84. The second kappa shape index (κ2) is 17.1. The SMILES string of the molecule is O=C(C[C@@H](O)CNC(=O)OCc1ccccc1)N[C@H](Cc1ccc(OCc2ccccc2)c(OCc2ccccc2)c1)C(=O)O. The van der Waals surface area contributed by atoms with Gasteiger partial charge in [0.25, 0.3) is 0 Å². The predicted octanol–water partition coefficient (Wildman–Crippen LogP) is 4.63. The fourth-order valence-corrected chi connectivity index (χ4v) is 4.33. The van der Waals surface area contributed by atoms with Crippen LogP contribution in [0, 0.1) is 0 Å². The van der Waals surface area contributed by atoms with Crippen molar-refractivity contribution in [1.82, 2.24) is 10.6 Å². The number of carboxylic acids is 1. The van der Waals surface area contributed by atoms with E-state index in [4.69, 9.17) is 14.2 Å². The number of rotatable bonds is 16. The van der Waals surface area contributed by atoms with Crippen molar-refractivity contribution in [1.29, 1.82) is 0 Å². The molecule has 0 aliphatic heterocycles. The first-order chi connectivity index (χ1) is 21.9. The molecule has 2 atom stereocenters. The number of carbonyl (C=O) groups excluding carboxylic acids is 2. The summed E-state index contributed by atoms with van der Waals surface area (Å²) in [5.41, 5.74) is 3.33. The first-order valence-electron chi connectivity index (χ1n) is 14.5. The molecule has 4 rings (SSSR count). The summed E-state index contributed by atoms with van der Waals surface area (Å²) in [5.74, 6) is -0.995. The van der Waals surface area contributed by atoms with Crippen molar-refractivity contribution in [3.8, 4) is 11.5 Å². The monoisotopic (exact) mass is 612 g/mol. The van der Waals surface area contributed by atoms with Gasteiger partial charge in [0, 0.05) is 13.0 Å². The van der Waals surface area contributed by atoms with Gasteiger partial charge in [0.05, 0.1) is 12.5 Å². The van der Waals surface area contributed by atoms with Gasteiger partial charge in [-0.2, -0.15) is 0 Å². The molecule has 0 aliphatic rings. The lowest BCUT2D eigenvalue weighted by atomic mass is 10.0. The number of aliphatic carboxylic acids is 1. The van der Waals surface area contributed by atoms with Crippen molar-refractivity contribution < 1.29 is 38.8 Å². The number of carboxylic acid groups (broad SMARTS) is 1. The van der Waals surface area contributed by atoms with Gasteiger partial charge in [-0.15, -0.1) is 0 Å². The smallest absolute Gasteiger partial charge is 0.407 e. The van der Waals surface area contributed by atoms with E-state index in [-0.39, 0.29) is 26.2 Å². The van der Waals surface area contributed by atoms with Crippen LogP contribution in [0.25, 0.3) is 0 Å². The number of aliphatic hydroxyl groups excluding tert-OH is 1. The first kappa shape index (κ1) is 32.6. The average molecular weight is 613 g/mol. The Bertz CT molecular complexity index is 1520. The quantitative estimate of drug-likeness (QED) is 0.143. The number of alkyl carbamates (subject to hydrolysis) is 1. The Morgan fingerprint density at radius 1 is 0.667 bits per heavy atom. The molecular formula is C35H36N2O8. The summed E-state index contributed by atoms with van der Waals surface area (Å²) in [6.45, 7) is 0.405. The van der Waals surface area contributed by atoms with Crippen molar-refractivity contribution >= 4 is 18.0 Å². The van der Waals surface area contributed by atoms with Crippen LogP contribution in [0.2, 0.25) is 0 Å². The fraction of sp³-hybridized carbons (Fsp3) is 0.229. The third kappa shape index (κ3) is 11.3. The van der Waals surface area contributed by atoms with Crippen LogP contribution >= 0.6 is 0 Å². The van der Waals surface area contributed by atoms with E-state index in [2.05, 4.69) is 10.6 Å². The molecule has 0 bridgehead atoms. The minimum absolute atomic E-state index is 0.0398. The number of amides is 2. The summed E-state index contributed by atoms with van der Waals surface area (Å²) in [6.07, 6.45) is -2.45. The topological polar surface area (TPSA) is 143 Å². The Labute approximate surface area is 261 Å². The molecule has 2 amide bonds. The summed E-state index contributed by atoms with van der Waals surface area (Å²) in [6, 6.07) is 32.2. The lowest BCUT2D eigenvalue weighted by Gasteiger charge is -2.18. The molecule has 10 nitrogen and oxygen atoms in total. The Balaban J connectivity index is 1.32. The third-order valence-electron chi connectivity index (χ3n) is 6.67. The van der Waals surface area contributed by atoms with Crippen LogP contribution in [-0.2, 0) is 40.6 Å². The highest BCUT2D eigenvalue weighted by Crippen LogP contribution is 2.30. The largest absolute Gasteiger partial charge is 0.485 e. The van der Waals surface area contributed by atoms with Gasteiger partial charge in [-0.3, -0.25) is 4.79 Å². The molecule has 4 aromatic rings.